The zero-order valence-corrected chi connectivity index (χ0v) is 13.9. The van der Waals surface area contributed by atoms with Crippen LogP contribution in [0.5, 0.6) is 0 Å². The molecule has 3 aromatic heterocycles. The molecular formula is C19H18N2O4. The van der Waals surface area contributed by atoms with E-state index in [1.807, 2.05) is 6.92 Å². The lowest BCUT2D eigenvalue weighted by Crippen LogP contribution is -2.10. The molecule has 1 fully saturated rings. The topological polar surface area (TPSA) is 93.3 Å². The fraction of sp³-hybridized carbons (Fsp3) is 0.368. The summed E-state index contributed by atoms with van der Waals surface area (Å²) in [5.74, 6) is -0.707. The molecule has 128 valence electrons. The Hall–Kier alpha value is -2.76. The number of fused-ring (bicyclic) bond motifs is 2. The molecule has 1 aliphatic carbocycles. The van der Waals surface area contributed by atoms with E-state index in [4.69, 9.17) is 4.42 Å². The molecule has 0 bridgehead atoms. The van der Waals surface area contributed by atoms with Crippen LogP contribution in [0, 0.1) is 0 Å². The number of aromatic nitrogens is 2. The zero-order chi connectivity index (χ0) is 17.6. The van der Waals surface area contributed by atoms with Crippen molar-refractivity contribution in [3.63, 3.8) is 0 Å². The Bertz CT molecular complexity index is 1050. The minimum atomic E-state index is -1.09. The van der Waals surface area contributed by atoms with Crippen molar-refractivity contribution in [3.05, 3.63) is 45.5 Å². The molecule has 0 amide bonds. The van der Waals surface area contributed by atoms with Gasteiger partial charge in [0.05, 0.1) is 28.2 Å². The molecule has 1 N–H and O–H groups in total. The molecule has 1 saturated carbocycles. The van der Waals surface area contributed by atoms with E-state index in [-0.39, 0.29) is 22.1 Å². The summed E-state index contributed by atoms with van der Waals surface area (Å²) >= 11 is 0. The van der Waals surface area contributed by atoms with E-state index in [1.165, 1.54) is 18.9 Å². The number of hydrogen-bond acceptors (Lipinski definition) is 5. The Balaban J connectivity index is 1.98. The van der Waals surface area contributed by atoms with Crippen LogP contribution in [0.2, 0.25) is 0 Å². The van der Waals surface area contributed by atoms with Gasteiger partial charge in [-0.15, -0.1) is 0 Å². The van der Waals surface area contributed by atoms with Crippen LogP contribution in [-0.4, -0.2) is 21.0 Å². The van der Waals surface area contributed by atoms with E-state index in [9.17, 15) is 14.7 Å². The predicted octanol–water partition coefficient (Wildman–Crippen LogP) is 3.65. The average molecular weight is 338 g/mol. The quantitative estimate of drug-likeness (QED) is 0.733. The maximum absolute atomic E-state index is 12.9. The molecule has 6 nitrogen and oxygen atoms in total. The summed E-state index contributed by atoms with van der Waals surface area (Å²) < 4.78 is 5.76. The Morgan fingerprint density at radius 3 is 2.72 bits per heavy atom. The first kappa shape index (κ1) is 15.7. The third-order valence-electron chi connectivity index (χ3n) is 4.99. The standard InChI is InChI=1S/C19H18N2O4/c1-2-14-11(19(23)24)7-13-17(22)12-8-15(10-5-3-4-6-10)20-9-16(12)25-18(13)21-14/h7-10H,2-6H2,1H3,(H,23,24). The lowest BCUT2D eigenvalue weighted by atomic mass is 10.0. The predicted molar refractivity (Wildman–Crippen MR) is 93.1 cm³/mol. The molecule has 3 aromatic rings. The number of pyridine rings is 2. The number of carbonyl (C=O) groups is 1. The van der Waals surface area contributed by atoms with E-state index in [0.717, 1.165) is 18.5 Å². The summed E-state index contributed by atoms with van der Waals surface area (Å²) in [5.41, 5.74) is 1.65. The molecule has 0 atom stereocenters. The van der Waals surface area contributed by atoms with Gasteiger partial charge in [0, 0.05) is 11.6 Å². The summed E-state index contributed by atoms with van der Waals surface area (Å²) in [6.07, 6.45) is 6.56. The van der Waals surface area contributed by atoms with Crippen molar-refractivity contribution in [1.29, 1.82) is 0 Å². The summed E-state index contributed by atoms with van der Waals surface area (Å²) in [7, 11) is 0. The molecule has 0 saturated heterocycles. The van der Waals surface area contributed by atoms with Crippen LogP contribution in [0.25, 0.3) is 22.1 Å². The van der Waals surface area contributed by atoms with E-state index in [0.29, 0.717) is 29.0 Å². The molecule has 1 aliphatic rings. The second-order valence-corrected chi connectivity index (χ2v) is 6.51. The highest BCUT2D eigenvalue weighted by Crippen LogP contribution is 2.33. The first-order valence-corrected chi connectivity index (χ1v) is 8.58. The van der Waals surface area contributed by atoms with Crippen molar-refractivity contribution < 1.29 is 14.3 Å². The third-order valence-corrected chi connectivity index (χ3v) is 4.99. The molecular weight excluding hydrogens is 320 g/mol. The van der Waals surface area contributed by atoms with Gasteiger partial charge in [-0.1, -0.05) is 19.8 Å². The molecule has 6 heteroatoms. The molecule has 0 radical (unpaired) electrons. The Morgan fingerprint density at radius 2 is 2.04 bits per heavy atom. The second-order valence-electron chi connectivity index (χ2n) is 6.51. The first-order valence-electron chi connectivity index (χ1n) is 8.58. The van der Waals surface area contributed by atoms with E-state index < -0.39 is 5.97 Å². The van der Waals surface area contributed by atoms with Crippen LogP contribution in [-0.2, 0) is 6.42 Å². The summed E-state index contributed by atoms with van der Waals surface area (Å²) in [5, 5.41) is 10.0. The molecule has 25 heavy (non-hydrogen) atoms. The molecule has 0 spiro atoms. The third kappa shape index (κ3) is 2.58. The van der Waals surface area contributed by atoms with Crippen molar-refractivity contribution in [2.24, 2.45) is 0 Å². The van der Waals surface area contributed by atoms with Gasteiger partial charge in [0.25, 0.3) is 0 Å². The van der Waals surface area contributed by atoms with Crippen molar-refractivity contribution in [3.8, 4) is 0 Å². The zero-order valence-electron chi connectivity index (χ0n) is 13.9. The van der Waals surface area contributed by atoms with Gasteiger partial charge in [-0.05, 0) is 31.4 Å². The second kappa shape index (κ2) is 5.95. The SMILES string of the molecule is CCc1nc2oc3cnc(C4CCCC4)cc3c(=O)c2cc1C(=O)O. The van der Waals surface area contributed by atoms with Gasteiger partial charge < -0.3 is 9.52 Å². The number of aromatic carboxylic acids is 1. The van der Waals surface area contributed by atoms with Crippen LogP contribution in [0.3, 0.4) is 0 Å². The minimum Gasteiger partial charge on any atom is -0.478 e. The maximum atomic E-state index is 12.9. The molecule has 3 heterocycles. The Labute approximate surface area is 143 Å². The summed E-state index contributed by atoms with van der Waals surface area (Å²) in [4.78, 5) is 33.1. The molecule has 0 unspecified atom stereocenters. The maximum Gasteiger partial charge on any atom is 0.337 e. The Morgan fingerprint density at radius 1 is 1.28 bits per heavy atom. The highest BCUT2D eigenvalue weighted by molar-refractivity contribution is 5.95. The molecule has 0 aromatic carbocycles. The van der Waals surface area contributed by atoms with Gasteiger partial charge >= 0.3 is 5.97 Å². The number of carboxylic acids is 1. The average Bonchev–Trinajstić information content (AvgIpc) is 3.15. The Kier molecular flexibility index (Phi) is 3.75. The first-order chi connectivity index (χ1) is 12.1. The van der Waals surface area contributed by atoms with Crippen LogP contribution >= 0.6 is 0 Å². The van der Waals surface area contributed by atoms with Crippen molar-refractivity contribution in [2.45, 2.75) is 44.9 Å². The van der Waals surface area contributed by atoms with Crippen molar-refractivity contribution >= 4 is 28.0 Å². The van der Waals surface area contributed by atoms with Gasteiger partial charge in [0.2, 0.25) is 11.1 Å². The van der Waals surface area contributed by atoms with Crippen LogP contribution in [0.15, 0.2) is 27.5 Å². The normalized spacial score (nSPS) is 15.2. The molecule has 0 aliphatic heterocycles. The van der Waals surface area contributed by atoms with Gasteiger partial charge in [0.15, 0.2) is 5.58 Å². The fourth-order valence-electron chi connectivity index (χ4n) is 3.64. The van der Waals surface area contributed by atoms with Crippen LogP contribution in [0.1, 0.15) is 60.3 Å². The lowest BCUT2D eigenvalue weighted by Gasteiger charge is -2.10. The fourth-order valence-corrected chi connectivity index (χ4v) is 3.64. The largest absolute Gasteiger partial charge is 0.478 e. The number of carboxylic acid groups (broad SMARTS) is 1. The van der Waals surface area contributed by atoms with E-state index in [1.54, 1.807) is 12.3 Å². The lowest BCUT2D eigenvalue weighted by molar-refractivity contribution is 0.0695. The number of rotatable bonds is 3. The highest BCUT2D eigenvalue weighted by Gasteiger charge is 2.21. The smallest absolute Gasteiger partial charge is 0.337 e. The number of hydrogen-bond donors (Lipinski definition) is 1. The summed E-state index contributed by atoms with van der Waals surface area (Å²) in [6.45, 7) is 1.81. The van der Waals surface area contributed by atoms with Gasteiger partial charge in [-0.2, -0.15) is 0 Å². The van der Waals surface area contributed by atoms with Crippen molar-refractivity contribution in [1.82, 2.24) is 9.97 Å². The molecule has 4 rings (SSSR count). The summed E-state index contributed by atoms with van der Waals surface area (Å²) in [6, 6.07) is 3.18. The van der Waals surface area contributed by atoms with Crippen LogP contribution < -0.4 is 5.43 Å². The number of nitrogens with zero attached hydrogens (tertiary/aromatic N) is 2. The van der Waals surface area contributed by atoms with Gasteiger partial charge in [-0.25, -0.2) is 9.78 Å². The van der Waals surface area contributed by atoms with Crippen LogP contribution in [0.4, 0.5) is 0 Å². The van der Waals surface area contributed by atoms with Crippen molar-refractivity contribution in [2.75, 3.05) is 0 Å². The minimum absolute atomic E-state index is 0.0479. The highest BCUT2D eigenvalue weighted by atomic mass is 16.4. The van der Waals surface area contributed by atoms with Gasteiger partial charge in [0.1, 0.15) is 0 Å². The number of aryl methyl sites for hydroxylation is 1. The van der Waals surface area contributed by atoms with E-state index in [2.05, 4.69) is 9.97 Å². The van der Waals surface area contributed by atoms with Gasteiger partial charge in [-0.3, -0.25) is 9.78 Å². The van der Waals surface area contributed by atoms with E-state index >= 15 is 0 Å². The monoisotopic (exact) mass is 338 g/mol.